The zero-order chi connectivity index (χ0) is 20.4. The average molecular weight is 392 g/mol. The van der Waals surface area contributed by atoms with Crippen LogP contribution in [0.5, 0.6) is 5.75 Å². The second-order valence-electron chi connectivity index (χ2n) is 7.30. The van der Waals surface area contributed by atoms with Gasteiger partial charge in [0.05, 0.1) is 0 Å². The van der Waals surface area contributed by atoms with Gasteiger partial charge < -0.3 is 10.1 Å². The van der Waals surface area contributed by atoms with Crippen molar-refractivity contribution in [1.82, 2.24) is 10.2 Å². The van der Waals surface area contributed by atoms with Crippen molar-refractivity contribution in [2.45, 2.75) is 31.2 Å². The normalized spacial score (nSPS) is 17.4. The second kappa shape index (κ2) is 7.50. The lowest BCUT2D eigenvalue weighted by Gasteiger charge is -2.19. The van der Waals surface area contributed by atoms with Crippen LogP contribution in [-0.2, 0) is 9.59 Å². The number of esters is 1. The van der Waals surface area contributed by atoms with Crippen LogP contribution in [0.2, 0.25) is 0 Å². The maximum absolute atomic E-state index is 12.6. The molecule has 1 saturated carbocycles. The molecule has 0 aromatic heterocycles. The summed E-state index contributed by atoms with van der Waals surface area (Å²) in [6.07, 6.45) is 2.94. The van der Waals surface area contributed by atoms with E-state index in [0.717, 1.165) is 17.7 Å². The summed E-state index contributed by atoms with van der Waals surface area (Å²) in [5.41, 5.74) is 0.182. The van der Waals surface area contributed by atoms with Gasteiger partial charge >= 0.3 is 12.0 Å². The quantitative estimate of drug-likeness (QED) is 0.366. The Bertz CT molecular complexity index is 962. The van der Waals surface area contributed by atoms with Crippen LogP contribution in [0.25, 0.3) is 0 Å². The Morgan fingerprint density at radius 1 is 0.931 bits per heavy atom. The molecule has 1 aliphatic carbocycles. The van der Waals surface area contributed by atoms with Crippen molar-refractivity contribution in [3.05, 3.63) is 65.7 Å². The Balaban J connectivity index is 1.38. The smallest absolute Gasteiger partial charge is 0.331 e. The molecule has 2 aromatic rings. The second-order valence-corrected chi connectivity index (χ2v) is 7.30. The summed E-state index contributed by atoms with van der Waals surface area (Å²) in [6.45, 7) is -0.447. The zero-order valence-electron chi connectivity index (χ0n) is 15.7. The summed E-state index contributed by atoms with van der Waals surface area (Å²) in [4.78, 5) is 50.3. The van der Waals surface area contributed by atoms with Crippen molar-refractivity contribution in [2.75, 3.05) is 6.54 Å². The van der Waals surface area contributed by atoms with Gasteiger partial charge in [0.25, 0.3) is 5.91 Å². The van der Waals surface area contributed by atoms with Crippen molar-refractivity contribution < 1.29 is 23.9 Å². The van der Waals surface area contributed by atoms with E-state index in [2.05, 4.69) is 5.32 Å². The summed E-state index contributed by atoms with van der Waals surface area (Å²) in [6, 6.07) is 14.5. The van der Waals surface area contributed by atoms with E-state index in [1.54, 1.807) is 36.4 Å². The van der Waals surface area contributed by atoms with Crippen molar-refractivity contribution in [3.63, 3.8) is 0 Å². The molecule has 1 aliphatic heterocycles. The molecule has 4 rings (SSSR count). The summed E-state index contributed by atoms with van der Waals surface area (Å²) >= 11 is 0. The van der Waals surface area contributed by atoms with Gasteiger partial charge in [-0.2, -0.15) is 0 Å². The summed E-state index contributed by atoms with van der Waals surface area (Å²) in [7, 11) is 0. The number of nitrogens with one attached hydrogen (secondary N) is 1. The Morgan fingerprint density at radius 2 is 1.55 bits per heavy atom. The molecule has 2 fully saturated rings. The first kappa shape index (κ1) is 18.9. The van der Waals surface area contributed by atoms with E-state index in [1.807, 2.05) is 6.07 Å². The molecule has 3 amide bonds. The fraction of sp³-hybridized carbons (Fsp3) is 0.273. The number of carbonyl (C=O) groups excluding carboxylic acids is 4. The largest absolute Gasteiger partial charge is 0.425 e. The molecule has 2 aromatic carbocycles. The number of benzene rings is 2. The Kier molecular flexibility index (Phi) is 4.88. The number of rotatable bonds is 5. The van der Waals surface area contributed by atoms with Gasteiger partial charge in [0.15, 0.2) is 5.78 Å². The van der Waals surface area contributed by atoms with Gasteiger partial charge in [-0.3, -0.25) is 14.5 Å². The summed E-state index contributed by atoms with van der Waals surface area (Å²) < 4.78 is 5.24. The molecule has 148 valence electrons. The molecule has 1 saturated heterocycles. The first-order valence-corrected chi connectivity index (χ1v) is 9.53. The molecule has 0 radical (unpaired) electrons. The lowest BCUT2D eigenvalue weighted by atomic mass is 9.98. The number of hydrogen-bond acceptors (Lipinski definition) is 5. The van der Waals surface area contributed by atoms with Gasteiger partial charge in [0.2, 0.25) is 0 Å². The highest BCUT2D eigenvalue weighted by Crippen LogP contribution is 2.34. The van der Waals surface area contributed by atoms with E-state index in [4.69, 9.17) is 4.74 Å². The lowest BCUT2D eigenvalue weighted by molar-refractivity contribution is -0.140. The van der Waals surface area contributed by atoms with Crippen LogP contribution in [0.1, 0.15) is 41.6 Å². The van der Waals surface area contributed by atoms with Gasteiger partial charge in [0, 0.05) is 11.1 Å². The van der Waals surface area contributed by atoms with Crippen molar-refractivity contribution in [1.29, 1.82) is 0 Å². The Hall–Kier alpha value is -3.48. The molecule has 7 nitrogen and oxygen atoms in total. The first-order chi connectivity index (χ1) is 14.0. The third kappa shape index (κ3) is 3.63. The van der Waals surface area contributed by atoms with Crippen LogP contribution in [0, 0.1) is 0 Å². The van der Waals surface area contributed by atoms with Crippen molar-refractivity contribution >= 4 is 23.7 Å². The third-order valence-corrected chi connectivity index (χ3v) is 5.37. The molecule has 2 aliphatic rings. The molecule has 0 atom stereocenters. The molecule has 29 heavy (non-hydrogen) atoms. The van der Waals surface area contributed by atoms with Gasteiger partial charge in [-0.1, -0.05) is 43.2 Å². The minimum atomic E-state index is -0.850. The molecule has 1 spiro atoms. The van der Waals surface area contributed by atoms with Crippen molar-refractivity contribution in [2.24, 2.45) is 0 Å². The first-order valence-electron chi connectivity index (χ1n) is 9.53. The fourth-order valence-electron chi connectivity index (χ4n) is 3.86. The van der Waals surface area contributed by atoms with E-state index in [1.165, 1.54) is 12.1 Å². The number of carbonyl (C=O) groups is 4. The molecule has 0 bridgehead atoms. The third-order valence-electron chi connectivity index (χ3n) is 5.37. The Labute approximate surface area is 167 Å². The van der Waals surface area contributed by atoms with Crippen LogP contribution in [-0.4, -0.2) is 40.7 Å². The number of ether oxygens (including phenoxy) is 1. The van der Waals surface area contributed by atoms with Crippen LogP contribution < -0.4 is 10.1 Å². The van der Waals surface area contributed by atoms with Gasteiger partial charge in [-0.25, -0.2) is 9.59 Å². The monoisotopic (exact) mass is 392 g/mol. The van der Waals surface area contributed by atoms with Gasteiger partial charge in [-0.05, 0) is 37.1 Å². The topological polar surface area (TPSA) is 92.8 Å². The lowest BCUT2D eigenvalue weighted by Crippen LogP contribution is -2.44. The molecule has 1 N–H and O–H groups in total. The highest BCUT2D eigenvalue weighted by atomic mass is 16.5. The van der Waals surface area contributed by atoms with Crippen LogP contribution in [0.3, 0.4) is 0 Å². The maximum Gasteiger partial charge on any atom is 0.331 e. The number of urea groups is 1. The fourth-order valence-corrected chi connectivity index (χ4v) is 3.86. The number of imide groups is 1. The van der Waals surface area contributed by atoms with Crippen LogP contribution >= 0.6 is 0 Å². The van der Waals surface area contributed by atoms with Gasteiger partial charge in [-0.15, -0.1) is 0 Å². The predicted octanol–water partition coefficient (Wildman–Crippen LogP) is 2.69. The number of nitrogens with zero attached hydrogens (tertiary/aromatic N) is 1. The summed E-state index contributed by atoms with van der Waals surface area (Å²) in [5.74, 6) is -0.974. The molecule has 7 heteroatoms. The number of ketones is 1. The molecular formula is C22H20N2O5. The minimum absolute atomic E-state index is 0.135. The van der Waals surface area contributed by atoms with E-state index in [-0.39, 0.29) is 17.4 Å². The minimum Gasteiger partial charge on any atom is -0.425 e. The summed E-state index contributed by atoms with van der Waals surface area (Å²) in [5, 5.41) is 2.73. The van der Waals surface area contributed by atoms with E-state index in [9.17, 15) is 19.2 Å². The van der Waals surface area contributed by atoms with E-state index in [0.29, 0.717) is 24.0 Å². The maximum atomic E-state index is 12.6. The van der Waals surface area contributed by atoms with Crippen molar-refractivity contribution in [3.8, 4) is 5.75 Å². The van der Waals surface area contributed by atoms with E-state index >= 15 is 0 Å². The zero-order valence-corrected chi connectivity index (χ0v) is 15.7. The van der Waals surface area contributed by atoms with E-state index < -0.39 is 24.1 Å². The van der Waals surface area contributed by atoms with Crippen LogP contribution in [0.4, 0.5) is 4.79 Å². The number of hydrogen-bond donors (Lipinski definition) is 1. The van der Waals surface area contributed by atoms with Crippen LogP contribution in [0.15, 0.2) is 54.6 Å². The standard InChI is InChI=1S/C22H20N2O5/c25-18(14-24-20(27)22(23-21(24)28)12-4-5-13-22)29-17-10-8-16(9-11-17)19(26)15-6-2-1-3-7-15/h1-3,6-11H,4-5,12-14H2,(H,23,28). The number of amides is 3. The molecular weight excluding hydrogens is 372 g/mol. The highest BCUT2D eigenvalue weighted by molar-refractivity contribution is 6.09. The van der Waals surface area contributed by atoms with Gasteiger partial charge in [0.1, 0.15) is 17.8 Å². The molecule has 1 heterocycles. The predicted molar refractivity (Wildman–Crippen MR) is 103 cm³/mol. The average Bonchev–Trinajstić information content (AvgIpc) is 3.29. The Morgan fingerprint density at radius 3 is 2.21 bits per heavy atom. The molecule has 0 unspecified atom stereocenters. The highest BCUT2D eigenvalue weighted by Gasteiger charge is 2.52. The SMILES string of the molecule is O=C(CN1C(=O)NC2(CCCC2)C1=O)Oc1ccc(C(=O)c2ccccc2)cc1.